The molecule has 1 aromatic heterocycles. The molecule has 0 radical (unpaired) electrons. The van der Waals surface area contributed by atoms with Gasteiger partial charge in [-0.25, -0.2) is 0 Å². The molecule has 1 aromatic carbocycles. The first-order valence-electron chi connectivity index (χ1n) is 6.42. The fourth-order valence-electron chi connectivity index (χ4n) is 1.68. The van der Waals surface area contributed by atoms with Gasteiger partial charge in [0.2, 0.25) is 11.8 Å². The molecular weight excluding hydrogens is 258 g/mol. The lowest BCUT2D eigenvalue weighted by atomic mass is 10.2. The van der Waals surface area contributed by atoms with E-state index in [1.807, 2.05) is 43.1 Å². The second kappa shape index (κ2) is 6.49. The lowest BCUT2D eigenvalue weighted by Crippen LogP contribution is -2.31. The Bertz CT molecular complexity index is 539. The van der Waals surface area contributed by atoms with Crippen LogP contribution < -0.4 is 4.74 Å². The molecule has 0 aliphatic rings. The summed E-state index contributed by atoms with van der Waals surface area (Å²) < 4.78 is 10.7. The van der Waals surface area contributed by atoms with Crippen LogP contribution in [-0.4, -0.2) is 47.0 Å². The molecule has 6 nitrogen and oxygen atoms in total. The summed E-state index contributed by atoms with van der Waals surface area (Å²) in [4.78, 5) is 1.95. The first-order chi connectivity index (χ1) is 9.63. The molecule has 20 heavy (non-hydrogen) atoms. The third-order valence-corrected chi connectivity index (χ3v) is 3.21. The van der Waals surface area contributed by atoms with Crippen molar-refractivity contribution in [3.8, 4) is 17.2 Å². The average Bonchev–Trinajstić information content (AvgIpc) is 2.94. The molecule has 1 N–H and O–H groups in total. The zero-order valence-electron chi connectivity index (χ0n) is 11.9. The van der Waals surface area contributed by atoms with Crippen molar-refractivity contribution in [3.05, 3.63) is 30.2 Å². The number of nitrogens with zero attached hydrogens (tertiary/aromatic N) is 3. The molecule has 2 aromatic rings. The summed E-state index contributed by atoms with van der Waals surface area (Å²) in [5.41, 5.74) is 0.849. The van der Waals surface area contributed by atoms with Gasteiger partial charge in [0.15, 0.2) is 0 Å². The molecule has 1 atom stereocenters. The van der Waals surface area contributed by atoms with Gasteiger partial charge in [-0.05, 0) is 38.2 Å². The van der Waals surface area contributed by atoms with Gasteiger partial charge in [-0.15, -0.1) is 10.2 Å². The summed E-state index contributed by atoms with van der Waals surface area (Å²) in [6.07, 6.45) is 0. The highest BCUT2D eigenvalue weighted by Gasteiger charge is 2.14. The summed E-state index contributed by atoms with van der Waals surface area (Å²) in [7, 11) is 3.52. The first-order valence-corrected chi connectivity index (χ1v) is 6.42. The molecular formula is C14H19N3O3. The maximum Gasteiger partial charge on any atom is 0.247 e. The minimum absolute atomic E-state index is 0.0475. The Kier molecular flexibility index (Phi) is 4.70. The Balaban J connectivity index is 2.08. The number of hydrogen-bond acceptors (Lipinski definition) is 6. The van der Waals surface area contributed by atoms with Gasteiger partial charge in [-0.3, -0.25) is 4.90 Å². The summed E-state index contributed by atoms with van der Waals surface area (Å²) in [5, 5.41) is 17.1. The maximum atomic E-state index is 9.10. The predicted octanol–water partition coefficient (Wildman–Crippen LogP) is 1.56. The van der Waals surface area contributed by atoms with Crippen LogP contribution in [0.25, 0.3) is 11.5 Å². The van der Waals surface area contributed by atoms with E-state index in [0.29, 0.717) is 18.3 Å². The van der Waals surface area contributed by atoms with Crippen molar-refractivity contribution in [3.63, 3.8) is 0 Å². The summed E-state index contributed by atoms with van der Waals surface area (Å²) in [6, 6.07) is 7.48. The van der Waals surface area contributed by atoms with Gasteiger partial charge in [-0.1, -0.05) is 0 Å². The normalized spacial score (nSPS) is 12.7. The van der Waals surface area contributed by atoms with Gasteiger partial charge in [0.05, 0.1) is 20.3 Å². The van der Waals surface area contributed by atoms with Gasteiger partial charge >= 0.3 is 0 Å². The van der Waals surface area contributed by atoms with Crippen LogP contribution in [0.5, 0.6) is 5.75 Å². The van der Waals surface area contributed by atoms with Crippen molar-refractivity contribution in [2.24, 2.45) is 0 Å². The van der Waals surface area contributed by atoms with Crippen LogP contribution in [0.15, 0.2) is 28.7 Å². The van der Waals surface area contributed by atoms with Crippen LogP contribution >= 0.6 is 0 Å². The van der Waals surface area contributed by atoms with Gasteiger partial charge in [0.1, 0.15) is 5.75 Å². The third kappa shape index (κ3) is 3.34. The highest BCUT2D eigenvalue weighted by molar-refractivity contribution is 5.53. The predicted molar refractivity (Wildman–Crippen MR) is 74.3 cm³/mol. The maximum absolute atomic E-state index is 9.10. The number of likely N-dealkylation sites (N-methyl/N-ethyl adjacent to an activating group) is 1. The minimum Gasteiger partial charge on any atom is -0.497 e. The molecule has 1 heterocycles. The Morgan fingerprint density at radius 3 is 2.60 bits per heavy atom. The summed E-state index contributed by atoms with van der Waals surface area (Å²) in [6.45, 7) is 2.53. The Labute approximate surface area is 118 Å². The number of aliphatic hydroxyl groups excluding tert-OH is 1. The average molecular weight is 277 g/mol. The SMILES string of the molecule is COc1ccc(-c2nnc(CN(C)C(C)CO)o2)cc1. The van der Waals surface area contributed by atoms with Crippen LogP contribution in [-0.2, 0) is 6.54 Å². The quantitative estimate of drug-likeness (QED) is 0.864. The van der Waals surface area contributed by atoms with E-state index in [2.05, 4.69) is 10.2 Å². The fourth-order valence-corrected chi connectivity index (χ4v) is 1.68. The number of ether oxygens (including phenoxy) is 1. The van der Waals surface area contributed by atoms with E-state index in [0.717, 1.165) is 11.3 Å². The fraction of sp³-hybridized carbons (Fsp3) is 0.429. The number of aliphatic hydroxyl groups is 1. The molecule has 0 saturated carbocycles. The second-order valence-electron chi connectivity index (χ2n) is 4.68. The zero-order valence-corrected chi connectivity index (χ0v) is 11.9. The highest BCUT2D eigenvalue weighted by atomic mass is 16.5. The van der Waals surface area contributed by atoms with Crippen LogP contribution in [0.2, 0.25) is 0 Å². The number of aromatic nitrogens is 2. The second-order valence-corrected chi connectivity index (χ2v) is 4.68. The van der Waals surface area contributed by atoms with E-state index in [4.69, 9.17) is 14.3 Å². The number of methoxy groups -OCH3 is 1. The van der Waals surface area contributed by atoms with E-state index < -0.39 is 0 Å². The largest absolute Gasteiger partial charge is 0.497 e. The third-order valence-electron chi connectivity index (χ3n) is 3.21. The highest BCUT2D eigenvalue weighted by Crippen LogP contribution is 2.21. The lowest BCUT2D eigenvalue weighted by Gasteiger charge is -2.20. The molecule has 0 fully saturated rings. The summed E-state index contributed by atoms with van der Waals surface area (Å²) >= 11 is 0. The zero-order chi connectivity index (χ0) is 14.5. The van der Waals surface area contributed by atoms with Crippen molar-refractivity contribution in [2.75, 3.05) is 20.8 Å². The van der Waals surface area contributed by atoms with E-state index in [1.165, 1.54) is 0 Å². The topological polar surface area (TPSA) is 71.6 Å². The molecule has 2 rings (SSSR count). The van der Waals surface area contributed by atoms with Gasteiger partial charge in [0.25, 0.3) is 0 Å². The van der Waals surface area contributed by atoms with Crippen LogP contribution in [0.1, 0.15) is 12.8 Å². The van der Waals surface area contributed by atoms with Crippen molar-refractivity contribution < 1.29 is 14.3 Å². The van der Waals surface area contributed by atoms with E-state index in [-0.39, 0.29) is 12.6 Å². The van der Waals surface area contributed by atoms with E-state index >= 15 is 0 Å². The summed E-state index contributed by atoms with van der Waals surface area (Å²) in [5.74, 6) is 1.79. The van der Waals surface area contributed by atoms with Gasteiger partial charge < -0.3 is 14.3 Å². The Morgan fingerprint density at radius 2 is 2.00 bits per heavy atom. The first kappa shape index (κ1) is 14.5. The molecule has 6 heteroatoms. The number of hydrogen-bond donors (Lipinski definition) is 1. The van der Waals surface area contributed by atoms with E-state index in [1.54, 1.807) is 7.11 Å². The molecule has 108 valence electrons. The molecule has 0 amide bonds. The number of rotatable bonds is 6. The van der Waals surface area contributed by atoms with Crippen molar-refractivity contribution in [1.29, 1.82) is 0 Å². The smallest absolute Gasteiger partial charge is 0.247 e. The van der Waals surface area contributed by atoms with Gasteiger partial charge in [-0.2, -0.15) is 0 Å². The van der Waals surface area contributed by atoms with Crippen molar-refractivity contribution in [2.45, 2.75) is 19.5 Å². The molecule has 1 unspecified atom stereocenters. The monoisotopic (exact) mass is 277 g/mol. The molecule has 0 aliphatic heterocycles. The Morgan fingerprint density at radius 1 is 1.30 bits per heavy atom. The molecule has 0 aliphatic carbocycles. The van der Waals surface area contributed by atoms with Crippen LogP contribution in [0, 0.1) is 0 Å². The minimum atomic E-state index is 0.0475. The van der Waals surface area contributed by atoms with Crippen molar-refractivity contribution >= 4 is 0 Å². The molecule has 0 spiro atoms. The Hall–Kier alpha value is -1.92. The number of benzene rings is 1. The molecule has 0 saturated heterocycles. The lowest BCUT2D eigenvalue weighted by molar-refractivity contribution is 0.145. The van der Waals surface area contributed by atoms with Crippen LogP contribution in [0.4, 0.5) is 0 Å². The van der Waals surface area contributed by atoms with Gasteiger partial charge in [0, 0.05) is 11.6 Å². The van der Waals surface area contributed by atoms with Crippen LogP contribution in [0.3, 0.4) is 0 Å². The molecule has 0 bridgehead atoms. The van der Waals surface area contributed by atoms with Crippen molar-refractivity contribution in [1.82, 2.24) is 15.1 Å². The standard InChI is InChI=1S/C14H19N3O3/c1-10(9-18)17(2)8-13-15-16-14(20-13)11-4-6-12(19-3)7-5-11/h4-7,10,18H,8-9H2,1-3H3. The van der Waals surface area contributed by atoms with E-state index in [9.17, 15) is 0 Å².